The fourth-order valence-corrected chi connectivity index (χ4v) is 0.531. The average Bonchev–Trinajstić information content (AvgIpc) is 1.84. The van der Waals surface area contributed by atoms with Crippen LogP contribution in [0.4, 0.5) is 0 Å². The van der Waals surface area contributed by atoms with E-state index in [9.17, 15) is 4.79 Å². The molecule has 58 valence electrons. The quantitative estimate of drug-likeness (QED) is 0.425. The van der Waals surface area contributed by atoms with Crippen molar-refractivity contribution in [3.8, 4) is 0 Å². The molecular weight excluding hydrogens is 124 g/mol. The minimum atomic E-state index is -0.396. The first-order chi connectivity index (χ1) is 4.37. The summed E-state index contributed by atoms with van der Waals surface area (Å²) in [6.45, 7) is 11.6. The lowest BCUT2D eigenvalue weighted by Gasteiger charge is -2.34. The largest absolute Gasteiger partial charge is 0.302 e. The molecule has 0 saturated carbocycles. The van der Waals surface area contributed by atoms with E-state index in [4.69, 9.17) is 0 Å². The first kappa shape index (κ1) is 9.41. The lowest BCUT2D eigenvalue weighted by Crippen LogP contribution is -2.31. The van der Waals surface area contributed by atoms with Gasteiger partial charge in [0.05, 0.1) is 0 Å². The third-order valence-electron chi connectivity index (χ3n) is 2.28. The van der Waals surface area contributed by atoms with Gasteiger partial charge in [-0.3, -0.25) is 0 Å². The van der Waals surface area contributed by atoms with Gasteiger partial charge in [-0.1, -0.05) is 26.8 Å². The van der Waals surface area contributed by atoms with Crippen LogP contribution in [0.2, 0.25) is 0 Å². The number of aldehydes is 1. The predicted octanol–water partition coefficient (Wildman–Crippen LogP) is 2.42. The third-order valence-corrected chi connectivity index (χ3v) is 2.28. The van der Waals surface area contributed by atoms with Gasteiger partial charge in [0.2, 0.25) is 0 Å². The summed E-state index contributed by atoms with van der Waals surface area (Å²) in [5, 5.41) is 0. The zero-order valence-corrected chi connectivity index (χ0v) is 7.27. The van der Waals surface area contributed by atoms with Gasteiger partial charge in [0.1, 0.15) is 6.29 Å². The first-order valence-electron chi connectivity index (χ1n) is 3.47. The van der Waals surface area contributed by atoms with Gasteiger partial charge in [0.25, 0.3) is 0 Å². The third kappa shape index (κ3) is 1.47. The highest BCUT2D eigenvalue weighted by atomic mass is 16.1. The maximum absolute atomic E-state index is 10.6. The topological polar surface area (TPSA) is 17.1 Å². The van der Waals surface area contributed by atoms with Gasteiger partial charge in [-0.25, -0.2) is 0 Å². The monoisotopic (exact) mass is 140 g/mol. The van der Waals surface area contributed by atoms with E-state index in [0.29, 0.717) is 0 Å². The molecule has 0 aliphatic carbocycles. The van der Waals surface area contributed by atoms with E-state index in [1.54, 1.807) is 6.08 Å². The summed E-state index contributed by atoms with van der Waals surface area (Å²) in [7, 11) is 0. The number of allylic oxidation sites excluding steroid dienone is 1. The second kappa shape index (κ2) is 2.57. The van der Waals surface area contributed by atoms with E-state index >= 15 is 0 Å². The number of carbonyl (C=O) groups is 1. The zero-order chi connectivity index (χ0) is 8.41. The maximum atomic E-state index is 10.6. The van der Waals surface area contributed by atoms with Crippen LogP contribution in [0.5, 0.6) is 0 Å². The first-order valence-corrected chi connectivity index (χ1v) is 3.47. The Bertz CT molecular complexity index is 131. The molecular formula is C9H16O. The Kier molecular flexibility index (Phi) is 2.42. The Hall–Kier alpha value is -0.590. The van der Waals surface area contributed by atoms with E-state index < -0.39 is 5.41 Å². The predicted molar refractivity (Wildman–Crippen MR) is 43.8 cm³/mol. The SMILES string of the molecule is C=CC(C)(C=O)C(C)(C)C. The molecule has 10 heavy (non-hydrogen) atoms. The Morgan fingerprint density at radius 1 is 1.20 bits per heavy atom. The van der Waals surface area contributed by atoms with Crippen molar-refractivity contribution in [1.29, 1.82) is 0 Å². The maximum Gasteiger partial charge on any atom is 0.130 e. The molecule has 1 heteroatoms. The van der Waals surface area contributed by atoms with Crippen LogP contribution in [0.15, 0.2) is 12.7 Å². The van der Waals surface area contributed by atoms with Crippen molar-refractivity contribution < 1.29 is 4.79 Å². The van der Waals surface area contributed by atoms with E-state index in [2.05, 4.69) is 6.58 Å². The number of hydrogen-bond acceptors (Lipinski definition) is 1. The summed E-state index contributed by atoms with van der Waals surface area (Å²) in [5.41, 5.74) is -0.427. The van der Waals surface area contributed by atoms with Crippen molar-refractivity contribution in [3.63, 3.8) is 0 Å². The van der Waals surface area contributed by atoms with Crippen molar-refractivity contribution in [1.82, 2.24) is 0 Å². The molecule has 1 nitrogen and oxygen atoms in total. The minimum absolute atomic E-state index is 0.0312. The highest BCUT2D eigenvalue weighted by Crippen LogP contribution is 2.36. The molecule has 0 N–H and O–H groups in total. The lowest BCUT2D eigenvalue weighted by molar-refractivity contribution is -0.117. The van der Waals surface area contributed by atoms with Gasteiger partial charge in [0, 0.05) is 5.41 Å². The van der Waals surface area contributed by atoms with Crippen LogP contribution < -0.4 is 0 Å². The van der Waals surface area contributed by atoms with Gasteiger partial charge in [-0.2, -0.15) is 0 Å². The summed E-state index contributed by atoms with van der Waals surface area (Å²) in [4.78, 5) is 10.6. The van der Waals surface area contributed by atoms with Crippen molar-refractivity contribution in [2.24, 2.45) is 10.8 Å². The average molecular weight is 140 g/mol. The van der Waals surface area contributed by atoms with Gasteiger partial charge < -0.3 is 4.79 Å². The van der Waals surface area contributed by atoms with E-state index in [-0.39, 0.29) is 5.41 Å². The lowest BCUT2D eigenvalue weighted by atomic mass is 9.69. The Balaban J connectivity index is 4.65. The normalized spacial score (nSPS) is 17.6. The van der Waals surface area contributed by atoms with Crippen molar-refractivity contribution in [3.05, 3.63) is 12.7 Å². The molecule has 0 heterocycles. The second-order valence-electron chi connectivity index (χ2n) is 3.85. The Morgan fingerprint density at radius 3 is 1.60 bits per heavy atom. The molecule has 0 aliphatic heterocycles. The number of hydrogen-bond donors (Lipinski definition) is 0. The van der Waals surface area contributed by atoms with Crippen molar-refractivity contribution in [2.75, 3.05) is 0 Å². The summed E-state index contributed by atoms with van der Waals surface area (Å²) in [6.07, 6.45) is 2.67. The molecule has 0 radical (unpaired) electrons. The van der Waals surface area contributed by atoms with Crippen LogP contribution >= 0.6 is 0 Å². The molecule has 0 amide bonds. The molecule has 0 aromatic heterocycles. The molecule has 0 rings (SSSR count). The van der Waals surface area contributed by atoms with Crippen LogP contribution in [0, 0.1) is 10.8 Å². The number of carbonyl (C=O) groups excluding carboxylic acids is 1. The Labute approximate surface area is 63.1 Å². The minimum Gasteiger partial charge on any atom is -0.302 e. The zero-order valence-electron chi connectivity index (χ0n) is 7.27. The van der Waals surface area contributed by atoms with Gasteiger partial charge in [-0.05, 0) is 12.3 Å². The molecule has 0 aliphatic rings. The van der Waals surface area contributed by atoms with Crippen LogP contribution in [0.3, 0.4) is 0 Å². The summed E-state index contributed by atoms with van der Waals surface area (Å²) in [6, 6.07) is 0. The molecule has 0 fully saturated rings. The van der Waals surface area contributed by atoms with Gasteiger partial charge in [0.15, 0.2) is 0 Å². The van der Waals surface area contributed by atoms with E-state index in [1.165, 1.54) is 0 Å². The van der Waals surface area contributed by atoms with Crippen molar-refractivity contribution >= 4 is 6.29 Å². The fraction of sp³-hybridized carbons (Fsp3) is 0.667. The van der Waals surface area contributed by atoms with Crippen LogP contribution in [-0.4, -0.2) is 6.29 Å². The van der Waals surface area contributed by atoms with E-state index in [1.807, 2.05) is 27.7 Å². The highest BCUT2D eigenvalue weighted by molar-refractivity contribution is 5.63. The molecule has 0 saturated heterocycles. The second-order valence-corrected chi connectivity index (χ2v) is 3.85. The molecule has 1 atom stereocenters. The Morgan fingerprint density at radius 2 is 1.60 bits per heavy atom. The molecule has 0 aromatic carbocycles. The highest BCUT2D eigenvalue weighted by Gasteiger charge is 2.33. The summed E-state index contributed by atoms with van der Waals surface area (Å²) in [5.74, 6) is 0. The van der Waals surface area contributed by atoms with Crippen LogP contribution in [-0.2, 0) is 4.79 Å². The summed E-state index contributed by atoms with van der Waals surface area (Å²) >= 11 is 0. The molecule has 1 unspecified atom stereocenters. The fourth-order valence-electron chi connectivity index (χ4n) is 0.531. The molecule has 0 bridgehead atoms. The van der Waals surface area contributed by atoms with Gasteiger partial charge >= 0.3 is 0 Å². The molecule has 0 aromatic rings. The number of rotatable bonds is 2. The van der Waals surface area contributed by atoms with E-state index in [0.717, 1.165) is 6.29 Å². The van der Waals surface area contributed by atoms with Crippen LogP contribution in [0.1, 0.15) is 27.7 Å². The van der Waals surface area contributed by atoms with Crippen molar-refractivity contribution in [2.45, 2.75) is 27.7 Å². The smallest absolute Gasteiger partial charge is 0.130 e. The van der Waals surface area contributed by atoms with Gasteiger partial charge in [-0.15, -0.1) is 6.58 Å². The summed E-state index contributed by atoms with van der Waals surface area (Å²) < 4.78 is 0. The molecule has 0 spiro atoms. The van der Waals surface area contributed by atoms with Crippen LogP contribution in [0.25, 0.3) is 0 Å². The standard InChI is InChI=1S/C9H16O/c1-6-9(5,7-10)8(2,3)4/h6-7H,1H2,2-5H3.